The van der Waals surface area contributed by atoms with Gasteiger partial charge in [0.05, 0.1) is 13.7 Å². The van der Waals surface area contributed by atoms with E-state index in [-0.39, 0.29) is 11.7 Å². The van der Waals surface area contributed by atoms with E-state index in [1.165, 1.54) is 24.0 Å². The van der Waals surface area contributed by atoms with E-state index >= 15 is 0 Å². The summed E-state index contributed by atoms with van der Waals surface area (Å²) in [5.74, 6) is -0.463. The Labute approximate surface area is 164 Å². The molecule has 0 spiro atoms. The Hall–Kier alpha value is -2.41. The first-order chi connectivity index (χ1) is 13.1. The number of carbonyl (C=O) groups is 2. The molecule has 0 saturated carbocycles. The first-order valence-corrected chi connectivity index (χ1v) is 10.1. The molecule has 0 unspecified atom stereocenters. The summed E-state index contributed by atoms with van der Waals surface area (Å²) in [7, 11) is 1.33. The van der Waals surface area contributed by atoms with E-state index < -0.39 is 5.97 Å². The molecule has 1 N–H and O–H groups in total. The Morgan fingerprint density at radius 3 is 2.56 bits per heavy atom. The van der Waals surface area contributed by atoms with Crippen LogP contribution in [0.15, 0.2) is 29.6 Å². The molecule has 2 amide bonds. The van der Waals surface area contributed by atoms with Crippen molar-refractivity contribution in [2.24, 2.45) is 0 Å². The van der Waals surface area contributed by atoms with Gasteiger partial charge < -0.3 is 15.0 Å². The van der Waals surface area contributed by atoms with Crippen molar-refractivity contribution in [2.45, 2.75) is 46.1 Å². The number of aryl methyl sites for hydroxylation is 1. The van der Waals surface area contributed by atoms with E-state index in [1.807, 2.05) is 24.3 Å². The van der Waals surface area contributed by atoms with E-state index in [9.17, 15) is 9.59 Å². The molecule has 0 radical (unpaired) electrons. The lowest BCUT2D eigenvalue weighted by molar-refractivity contribution is 0.0594. The van der Waals surface area contributed by atoms with Gasteiger partial charge in [0, 0.05) is 17.6 Å². The number of aromatic nitrogens is 1. The van der Waals surface area contributed by atoms with Crippen molar-refractivity contribution < 1.29 is 14.3 Å². The Morgan fingerprint density at radius 1 is 1.19 bits per heavy atom. The van der Waals surface area contributed by atoms with Gasteiger partial charge >= 0.3 is 12.0 Å². The van der Waals surface area contributed by atoms with Crippen molar-refractivity contribution in [2.75, 3.05) is 19.0 Å². The highest BCUT2D eigenvalue weighted by molar-refractivity contribution is 7.09. The fourth-order valence-corrected chi connectivity index (χ4v) is 3.35. The van der Waals surface area contributed by atoms with Crippen LogP contribution < -0.4 is 5.32 Å². The van der Waals surface area contributed by atoms with Crippen molar-refractivity contribution in [1.82, 2.24) is 9.88 Å². The molecule has 2 rings (SSSR count). The summed E-state index contributed by atoms with van der Waals surface area (Å²) in [4.78, 5) is 30.4. The number of hydrogen-bond donors (Lipinski definition) is 1. The molecule has 0 aliphatic rings. The summed E-state index contributed by atoms with van der Waals surface area (Å²) in [6, 6.07) is 7.70. The second kappa shape index (κ2) is 10.7. The maximum Gasteiger partial charge on any atom is 0.357 e. The van der Waals surface area contributed by atoms with E-state index in [0.29, 0.717) is 18.1 Å². The summed E-state index contributed by atoms with van der Waals surface area (Å²) in [6.45, 7) is 5.23. The van der Waals surface area contributed by atoms with Crippen molar-refractivity contribution in [1.29, 1.82) is 0 Å². The largest absolute Gasteiger partial charge is 0.464 e. The van der Waals surface area contributed by atoms with Crippen molar-refractivity contribution in [3.63, 3.8) is 0 Å². The Morgan fingerprint density at radius 2 is 1.93 bits per heavy atom. The molecule has 0 bridgehead atoms. The van der Waals surface area contributed by atoms with Crippen LogP contribution >= 0.6 is 11.3 Å². The maximum absolute atomic E-state index is 12.8. The number of carbonyl (C=O) groups excluding carboxylic acids is 2. The van der Waals surface area contributed by atoms with Crippen LogP contribution in [0, 0.1) is 0 Å². The standard InChI is InChI=1S/C20H27N3O3S/c1-4-6-7-12-23(13-18-22-17(14-27-18)19(24)26-3)20(25)21-16-10-8-15(5-2)9-11-16/h8-11,14H,4-7,12-13H2,1-3H3,(H,21,25). The second-order valence-corrected chi connectivity index (χ2v) is 7.17. The van der Waals surface area contributed by atoms with E-state index in [0.717, 1.165) is 31.4 Å². The fraction of sp³-hybridized carbons (Fsp3) is 0.450. The summed E-state index contributed by atoms with van der Waals surface area (Å²) in [5.41, 5.74) is 2.28. The average Bonchev–Trinajstić information content (AvgIpc) is 3.16. The third-order valence-corrected chi connectivity index (χ3v) is 5.04. The van der Waals surface area contributed by atoms with Gasteiger partial charge in [0.25, 0.3) is 0 Å². The minimum Gasteiger partial charge on any atom is -0.464 e. The molecule has 0 atom stereocenters. The number of ether oxygens (including phenoxy) is 1. The molecule has 0 aliphatic heterocycles. The number of methoxy groups -OCH3 is 1. The zero-order chi connectivity index (χ0) is 19.6. The molecule has 1 aromatic carbocycles. The lowest BCUT2D eigenvalue weighted by Gasteiger charge is -2.22. The number of amides is 2. The van der Waals surface area contributed by atoms with Gasteiger partial charge in [-0.25, -0.2) is 14.6 Å². The van der Waals surface area contributed by atoms with Gasteiger partial charge in [-0.2, -0.15) is 0 Å². The number of anilines is 1. The molecular formula is C20H27N3O3S. The van der Waals surface area contributed by atoms with Gasteiger partial charge in [0.1, 0.15) is 5.01 Å². The van der Waals surface area contributed by atoms with Gasteiger partial charge in [0.15, 0.2) is 5.69 Å². The lowest BCUT2D eigenvalue weighted by atomic mass is 10.1. The average molecular weight is 390 g/mol. The zero-order valence-electron chi connectivity index (χ0n) is 16.2. The first kappa shape index (κ1) is 20.9. The van der Waals surface area contributed by atoms with Crippen LogP contribution in [0.5, 0.6) is 0 Å². The van der Waals surface area contributed by atoms with Gasteiger partial charge in [-0.15, -0.1) is 11.3 Å². The molecule has 146 valence electrons. The molecule has 7 heteroatoms. The minimum absolute atomic E-state index is 0.162. The molecule has 27 heavy (non-hydrogen) atoms. The lowest BCUT2D eigenvalue weighted by Crippen LogP contribution is -2.35. The van der Waals surface area contributed by atoms with Crippen LogP contribution in [0.1, 0.15) is 54.2 Å². The molecule has 0 saturated heterocycles. The molecule has 0 fully saturated rings. The smallest absolute Gasteiger partial charge is 0.357 e. The van der Waals surface area contributed by atoms with Crippen LogP contribution in [0.3, 0.4) is 0 Å². The van der Waals surface area contributed by atoms with Crippen LogP contribution in [0.4, 0.5) is 10.5 Å². The number of nitrogens with one attached hydrogen (secondary N) is 1. The number of urea groups is 1. The quantitative estimate of drug-likeness (QED) is 0.498. The predicted molar refractivity (Wildman–Crippen MR) is 108 cm³/mol. The molecule has 2 aromatic rings. The van der Waals surface area contributed by atoms with Crippen LogP contribution in [-0.4, -0.2) is 35.5 Å². The number of thiazole rings is 1. The predicted octanol–water partition coefficient (Wildman–Crippen LogP) is 4.72. The first-order valence-electron chi connectivity index (χ1n) is 9.25. The Balaban J connectivity index is 2.06. The van der Waals surface area contributed by atoms with Gasteiger partial charge in [-0.1, -0.05) is 38.8 Å². The highest BCUT2D eigenvalue weighted by atomic mass is 32.1. The van der Waals surface area contributed by atoms with Crippen LogP contribution in [0.25, 0.3) is 0 Å². The number of esters is 1. The number of hydrogen-bond acceptors (Lipinski definition) is 5. The Bertz CT molecular complexity index is 743. The second-order valence-electron chi connectivity index (χ2n) is 6.23. The SMILES string of the molecule is CCCCCN(Cc1nc(C(=O)OC)cs1)C(=O)Nc1ccc(CC)cc1. The number of rotatable bonds is 9. The van der Waals surface area contributed by atoms with Gasteiger partial charge in [0.2, 0.25) is 0 Å². The van der Waals surface area contributed by atoms with Crippen molar-refractivity contribution >= 4 is 29.0 Å². The molecule has 0 aliphatic carbocycles. The normalized spacial score (nSPS) is 10.5. The number of benzene rings is 1. The third-order valence-electron chi connectivity index (χ3n) is 4.20. The molecule has 6 nitrogen and oxygen atoms in total. The van der Waals surface area contributed by atoms with Crippen molar-refractivity contribution in [3.05, 3.63) is 45.9 Å². The van der Waals surface area contributed by atoms with Crippen molar-refractivity contribution in [3.8, 4) is 0 Å². The molecule has 1 aromatic heterocycles. The Kier molecular flexibility index (Phi) is 8.26. The number of nitrogens with zero attached hydrogens (tertiary/aromatic N) is 2. The number of unbranched alkanes of at least 4 members (excludes halogenated alkanes) is 2. The molecular weight excluding hydrogens is 362 g/mol. The van der Waals surface area contributed by atoms with Crippen LogP contribution in [0.2, 0.25) is 0 Å². The topological polar surface area (TPSA) is 71.5 Å². The van der Waals surface area contributed by atoms with Gasteiger partial charge in [-0.3, -0.25) is 0 Å². The minimum atomic E-state index is -0.463. The van der Waals surface area contributed by atoms with E-state index in [1.54, 1.807) is 10.3 Å². The zero-order valence-corrected chi connectivity index (χ0v) is 17.0. The fourth-order valence-electron chi connectivity index (χ4n) is 2.58. The van der Waals surface area contributed by atoms with E-state index in [4.69, 9.17) is 4.74 Å². The summed E-state index contributed by atoms with van der Waals surface area (Å²) < 4.78 is 4.69. The highest BCUT2D eigenvalue weighted by Crippen LogP contribution is 2.16. The van der Waals surface area contributed by atoms with Gasteiger partial charge in [-0.05, 0) is 30.5 Å². The highest BCUT2D eigenvalue weighted by Gasteiger charge is 2.17. The molecule has 1 heterocycles. The van der Waals surface area contributed by atoms with E-state index in [2.05, 4.69) is 24.1 Å². The summed E-state index contributed by atoms with van der Waals surface area (Å²) >= 11 is 1.36. The summed E-state index contributed by atoms with van der Waals surface area (Å²) in [6.07, 6.45) is 4.02. The third kappa shape index (κ3) is 6.36. The summed E-state index contributed by atoms with van der Waals surface area (Å²) in [5, 5.41) is 5.32. The van der Waals surface area contributed by atoms with Crippen LogP contribution in [-0.2, 0) is 17.7 Å². The monoisotopic (exact) mass is 389 g/mol. The maximum atomic E-state index is 12.8.